The van der Waals surface area contributed by atoms with E-state index >= 15 is 0 Å². The van der Waals surface area contributed by atoms with Crippen LogP contribution in [0.1, 0.15) is 64.5 Å². The second kappa shape index (κ2) is 10.7. The molecule has 1 aromatic heterocycles. The van der Waals surface area contributed by atoms with Crippen molar-refractivity contribution in [3.63, 3.8) is 0 Å². The van der Waals surface area contributed by atoms with Crippen LogP contribution in [0.15, 0.2) is 162 Å². The minimum absolute atomic E-state index is 0.0669. The van der Waals surface area contributed by atoms with Gasteiger partial charge in [-0.1, -0.05) is 113 Å². The molecule has 0 fully saturated rings. The summed E-state index contributed by atoms with van der Waals surface area (Å²) in [7, 11) is 0. The Kier molecular flexibility index (Phi) is 6.38. The van der Waals surface area contributed by atoms with Crippen molar-refractivity contribution in [3.05, 3.63) is 173 Å². The summed E-state index contributed by atoms with van der Waals surface area (Å²) < 4.78 is 2.42. The smallest absolute Gasteiger partial charge is 0.0542 e. The first-order valence-corrected chi connectivity index (χ1v) is 18.5. The predicted molar refractivity (Wildman–Crippen MR) is 210 cm³/mol. The van der Waals surface area contributed by atoms with Crippen molar-refractivity contribution in [2.75, 3.05) is 4.90 Å². The topological polar surface area (TPSA) is 8.17 Å². The van der Waals surface area contributed by atoms with Crippen LogP contribution in [-0.2, 0) is 5.41 Å². The second-order valence-corrected chi connectivity index (χ2v) is 16.1. The first-order chi connectivity index (χ1) is 24.3. The first kappa shape index (κ1) is 29.8. The average molecular weight is 649 g/mol. The van der Waals surface area contributed by atoms with Crippen molar-refractivity contribution >= 4 is 33.1 Å². The Bertz CT molecular complexity index is 2430. The van der Waals surface area contributed by atoms with E-state index in [1.54, 1.807) is 16.7 Å². The molecule has 0 spiro atoms. The van der Waals surface area contributed by atoms with E-state index in [0.717, 1.165) is 19.3 Å². The highest BCUT2D eigenvalue weighted by molar-refractivity contribution is 6.10. The number of rotatable bonds is 4. The van der Waals surface area contributed by atoms with Gasteiger partial charge in [0.25, 0.3) is 0 Å². The van der Waals surface area contributed by atoms with Gasteiger partial charge in [0, 0.05) is 33.5 Å². The Morgan fingerprint density at radius 2 is 1.32 bits per heavy atom. The van der Waals surface area contributed by atoms with E-state index in [2.05, 4.69) is 171 Å². The Morgan fingerprint density at radius 1 is 0.640 bits per heavy atom. The van der Waals surface area contributed by atoms with Gasteiger partial charge in [-0.05, 0) is 130 Å². The summed E-state index contributed by atoms with van der Waals surface area (Å²) in [6.45, 7) is 9.87. The summed E-state index contributed by atoms with van der Waals surface area (Å²) in [6.07, 6.45) is 19.0. The molecule has 0 radical (unpaired) electrons. The monoisotopic (exact) mass is 648 g/mol. The van der Waals surface area contributed by atoms with Crippen LogP contribution < -0.4 is 4.90 Å². The number of nitrogens with zero attached hydrogens (tertiary/aromatic N) is 2. The number of fused-ring (bicyclic) bond motifs is 8. The van der Waals surface area contributed by atoms with E-state index < -0.39 is 0 Å². The third-order valence-corrected chi connectivity index (χ3v) is 12.9. The third kappa shape index (κ3) is 4.14. The highest BCUT2D eigenvalue weighted by Gasteiger charge is 2.47. The van der Waals surface area contributed by atoms with Crippen molar-refractivity contribution in [2.45, 2.75) is 58.8 Å². The maximum absolute atomic E-state index is 2.65. The summed E-state index contributed by atoms with van der Waals surface area (Å²) >= 11 is 0. The molecule has 0 N–H and O–H groups in total. The Hall–Kier alpha value is -5.08. The molecular weight excluding hydrogens is 605 g/mol. The number of anilines is 1. The highest BCUT2D eigenvalue weighted by atomic mass is 15.2. The molecule has 0 saturated heterocycles. The normalized spacial score (nSPS) is 22.7. The molecule has 0 amide bonds. The summed E-state index contributed by atoms with van der Waals surface area (Å²) in [5.74, 6) is 0.910. The van der Waals surface area contributed by atoms with Crippen LogP contribution in [0.3, 0.4) is 0 Å². The fraction of sp³-hybridized carbons (Fsp3) is 0.250. The van der Waals surface area contributed by atoms with Gasteiger partial charge in [0.1, 0.15) is 0 Å². The summed E-state index contributed by atoms with van der Waals surface area (Å²) in [5, 5.41) is 2.59. The zero-order valence-electron chi connectivity index (χ0n) is 29.6. The number of allylic oxidation sites excluding steroid dienone is 12. The number of aromatic nitrogens is 1. The summed E-state index contributed by atoms with van der Waals surface area (Å²) in [6, 6.07) is 36.0. The van der Waals surface area contributed by atoms with Crippen LogP contribution >= 0.6 is 0 Å². The third-order valence-electron chi connectivity index (χ3n) is 12.9. The molecule has 2 unspecified atom stereocenters. The first-order valence-electron chi connectivity index (χ1n) is 18.5. The highest BCUT2D eigenvalue weighted by Crippen LogP contribution is 2.58. The van der Waals surface area contributed by atoms with Crippen LogP contribution in [0.2, 0.25) is 0 Å². The summed E-state index contributed by atoms with van der Waals surface area (Å²) in [4.78, 5) is 2.65. The molecule has 10 rings (SSSR count). The van der Waals surface area contributed by atoms with Gasteiger partial charge in [0.05, 0.1) is 11.0 Å². The lowest BCUT2D eigenvalue weighted by molar-refractivity contribution is 0.329. The van der Waals surface area contributed by atoms with Crippen LogP contribution in [0.5, 0.6) is 0 Å². The van der Waals surface area contributed by atoms with E-state index in [1.165, 1.54) is 67.7 Å². The fourth-order valence-electron chi connectivity index (χ4n) is 10.3. The van der Waals surface area contributed by atoms with Gasteiger partial charge in [-0.25, -0.2) is 0 Å². The SMILES string of the molecule is CC1(C)C2=C(CCC=C2)C2=CC=C(N(C3=CC=C4c5ccccc5C(C)(C)C4C3)c3ccc4c(c3)c3ccccc3n4-c3ccccc3)CC21. The Labute approximate surface area is 296 Å². The van der Waals surface area contributed by atoms with Gasteiger partial charge in [-0.15, -0.1) is 0 Å². The van der Waals surface area contributed by atoms with E-state index in [1.807, 2.05) is 0 Å². The lowest BCUT2D eigenvalue weighted by atomic mass is 9.72. The van der Waals surface area contributed by atoms with Crippen molar-refractivity contribution in [1.82, 2.24) is 4.57 Å². The van der Waals surface area contributed by atoms with E-state index in [9.17, 15) is 0 Å². The fourth-order valence-corrected chi connectivity index (χ4v) is 10.3. The number of hydrogen-bond donors (Lipinski definition) is 0. The van der Waals surface area contributed by atoms with Crippen LogP contribution in [0, 0.1) is 17.3 Å². The molecule has 1 heterocycles. The van der Waals surface area contributed by atoms with E-state index in [-0.39, 0.29) is 10.8 Å². The quantitative estimate of drug-likeness (QED) is 0.188. The lowest BCUT2D eigenvalue weighted by Gasteiger charge is -2.40. The van der Waals surface area contributed by atoms with Crippen LogP contribution in [0.4, 0.5) is 5.69 Å². The molecule has 4 aromatic carbocycles. The molecule has 2 nitrogen and oxygen atoms in total. The zero-order valence-corrected chi connectivity index (χ0v) is 29.6. The van der Waals surface area contributed by atoms with Crippen LogP contribution in [0.25, 0.3) is 33.1 Å². The molecule has 2 atom stereocenters. The second-order valence-electron chi connectivity index (χ2n) is 16.1. The molecule has 2 heteroatoms. The van der Waals surface area contributed by atoms with Gasteiger partial charge in [0.2, 0.25) is 0 Å². The van der Waals surface area contributed by atoms with E-state index in [4.69, 9.17) is 0 Å². The molecule has 5 aliphatic rings. The van der Waals surface area contributed by atoms with Gasteiger partial charge in [-0.2, -0.15) is 0 Å². The molecule has 0 bridgehead atoms. The molecule has 5 aliphatic carbocycles. The maximum atomic E-state index is 2.65. The van der Waals surface area contributed by atoms with Crippen molar-refractivity contribution in [1.29, 1.82) is 0 Å². The maximum Gasteiger partial charge on any atom is 0.0542 e. The van der Waals surface area contributed by atoms with Crippen LogP contribution in [-0.4, -0.2) is 4.57 Å². The standard InChI is InChI=1S/C48H44N2/c1-47(2)41-19-11-8-16-35(41)37-25-22-33(29-43(37)47)49(34-23-26-38-36-17-9-12-20-42(36)48(3,4)44(38)30-34)32-24-27-46-40(28-32)39-18-10-13-21-45(39)50(46)31-14-6-5-7-15-31/h5-8,10-16,18-28,43-44H,9,17,29-30H2,1-4H3. The van der Waals surface area contributed by atoms with Gasteiger partial charge in [0.15, 0.2) is 0 Å². The molecule has 50 heavy (non-hydrogen) atoms. The minimum Gasteiger partial charge on any atom is -0.318 e. The molecule has 0 saturated carbocycles. The Morgan fingerprint density at radius 3 is 2.14 bits per heavy atom. The van der Waals surface area contributed by atoms with E-state index in [0.29, 0.717) is 11.8 Å². The predicted octanol–water partition coefficient (Wildman–Crippen LogP) is 12.4. The lowest BCUT2D eigenvalue weighted by Crippen LogP contribution is -2.33. The van der Waals surface area contributed by atoms with Crippen molar-refractivity contribution in [2.24, 2.45) is 17.3 Å². The van der Waals surface area contributed by atoms with Crippen molar-refractivity contribution < 1.29 is 0 Å². The van der Waals surface area contributed by atoms with Gasteiger partial charge in [-0.3, -0.25) is 0 Å². The Balaban J connectivity index is 1.15. The average Bonchev–Trinajstić information content (AvgIpc) is 3.69. The number of para-hydroxylation sites is 2. The minimum atomic E-state index is 0.0669. The van der Waals surface area contributed by atoms with Gasteiger partial charge >= 0.3 is 0 Å². The molecular formula is C48H44N2. The van der Waals surface area contributed by atoms with Crippen molar-refractivity contribution in [3.8, 4) is 5.69 Å². The number of hydrogen-bond acceptors (Lipinski definition) is 1. The summed E-state index contributed by atoms with van der Waals surface area (Å²) in [5.41, 5.74) is 17.1. The molecule has 0 aliphatic heterocycles. The number of benzene rings is 4. The zero-order chi connectivity index (χ0) is 33.8. The molecule has 246 valence electrons. The molecule has 5 aromatic rings. The largest absolute Gasteiger partial charge is 0.318 e. The van der Waals surface area contributed by atoms with Gasteiger partial charge < -0.3 is 9.47 Å².